The molecule has 0 saturated heterocycles. The fourth-order valence-electron chi connectivity index (χ4n) is 5.99. The minimum Gasteiger partial charge on any atom is -0.416 e. The van der Waals surface area contributed by atoms with E-state index in [1.54, 1.807) is 0 Å². The molecule has 46 heavy (non-hydrogen) atoms. The number of aromatic nitrogens is 2. The normalized spacial score (nSPS) is 14.3. The minimum absolute atomic E-state index is 0.534. The predicted molar refractivity (Wildman–Crippen MR) is 186 cm³/mol. The Kier molecular flexibility index (Phi) is 7.33. The second kappa shape index (κ2) is 12.2. The van der Waals surface area contributed by atoms with E-state index in [9.17, 15) is 0 Å². The van der Waals surface area contributed by atoms with Crippen molar-refractivity contribution in [2.24, 2.45) is 10.2 Å². The van der Waals surface area contributed by atoms with Crippen LogP contribution in [0, 0.1) is 0 Å². The number of hydrogen-bond donors (Lipinski definition) is 0. The summed E-state index contributed by atoms with van der Waals surface area (Å²) in [6, 6.07) is 46.2. The lowest BCUT2D eigenvalue weighted by molar-refractivity contribution is 0.550. The van der Waals surface area contributed by atoms with Crippen LogP contribution in [0.5, 0.6) is 0 Å². The molecular weight excluding hydrogens is 564 g/mol. The summed E-state index contributed by atoms with van der Waals surface area (Å²) < 4.78 is 6.09. The molecule has 0 radical (unpaired) electrons. The monoisotopic (exact) mass is 594 g/mol. The van der Waals surface area contributed by atoms with Crippen molar-refractivity contribution in [3.8, 4) is 33.7 Å². The lowest BCUT2D eigenvalue weighted by Crippen LogP contribution is -2.05. The summed E-state index contributed by atoms with van der Waals surface area (Å²) in [5, 5.41) is 17.7. The minimum atomic E-state index is 0.534. The molecule has 0 unspecified atom stereocenters. The number of rotatable bonds is 7. The van der Waals surface area contributed by atoms with Gasteiger partial charge in [0, 0.05) is 17.6 Å². The number of allylic oxidation sites excluding steroid dienone is 4. The van der Waals surface area contributed by atoms with E-state index in [0.717, 1.165) is 58.5 Å². The molecule has 5 heteroatoms. The molecule has 0 fully saturated rings. The number of nitrogens with zero attached hydrogens (tertiary/aromatic N) is 4. The Balaban J connectivity index is 0.906. The molecule has 220 valence electrons. The first-order valence-electron chi connectivity index (χ1n) is 15.6. The molecule has 1 aliphatic heterocycles. The van der Waals surface area contributed by atoms with Crippen molar-refractivity contribution in [1.29, 1.82) is 0 Å². The Morgan fingerprint density at radius 3 is 1.30 bits per heavy atom. The van der Waals surface area contributed by atoms with Crippen molar-refractivity contribution < 1.29 is 4.42 Å². The van der Waals surface area contributed by atoms with Crippen LogP contribution in [0.15, 0.2) is 160 Å². The number of hydrogen-bond acceptors (Lipinski definition) is 5. The van der Waals surface area contributed by atoms with Crippen molar-refractivity contribution in [2.75, 3.05) is 0 Å². The van der Waals surface area contributed by atoms with Crippen LogP contribution < -0.4 is 0 Å². The van der Waals surface area contributed by atoms with E-state index in [0.29, 0.717) is 11.8 Å². The Morgan fingerprint density at radius 2 is 0.783 bits per heavy atom. The van der Waals surface area contributed by atoms with Gasteiger partial charge in [0.25, 0.3) is 0 Å². The Labute approximate surface area is 268 Å². The van der Waals surface area contributed by atoms with Gasteiger partial charge in [-0.2, -0.15) is 10.2 Å². The van der Waals surface area contributed by atoms with Gasteiger partial charge in [0.15, 0.2) is 0 Å². The van der Waals surface area contributed by atoms with E-state index < -0.39 is 0 Å². The first kappa shape index (κ1) is 27.6. The average molecular weight is 595 g/mol. The molecule has 5 nitrogen and oxygen atoms in total. The molecule has 2 heterocycles. The van der Waals surface area contributed by atoms with Crippen LogP contribution in [0.3, 0.4) is 0 Å². The van der Waals surface area contributed by atoms with Gasteiger partial charge in [-0.05, 0) is 69.5 Å². The summed E-state index contributed by atoms with van der Waals surface area (Å²) in [6.07, 6.45) is 6.74. The summed E-state index contributed by atoms with van der Waals surface area (Å²) in [7, 11) is 0. The maximum absolute atomic E-state index is 6.09. The van der Waals surface area contributed by atoms with Crippen molar-refractivity contribution >= 4 is 22.6 Å². The van der Waals surface area contributed by atoms with Gasteiger partial charge in [-0.15, -0.1) is 10.2 Å². The molecular formula is C41H30N4O. The third-order valence-corrected chi connectivity index (χ3v) is 8.63. The predicted octanol–water partition coefficient (Wildman–Crippen LogP) is 9.93. The molecule has 0 saturated carbocycles. The molecule has 1 aromatic heterocycles. The van der Waals surface area contributed by atoms with E-state index in [2.05, 4.69) is 130 Å². The van der Waals surface area contributed by atoms with Gasteiger partial charge < -0.3 is 4.42 Å². The summed E-state index contributed by atoms with van der Waals surface area (Å²) >= 11 is 0. The SMILES string of the molecule is C1=C(c2ccc(C3=NN=C(c4ccc(-c5ccccc5)cc4)C3)cc2)CCC(c2nnc(-c3ccc(-c4ccccc4)cc3)o2)=C1. The van der Waals surface area contributed by atoms with E-state index >= 15 is 0 Å². The lowest BCUT2D eigenvalue weighted by atomic mass is 9.92. The standard InChI is InChI=1S/C41H30N4O/c1-3-7-28(8-4-1)30-11-19-34(20-12-30)38-27-39(43-42-38)35-21-13-32(14-22-35)33-17-25-37(26-18-33)41-45-44-40(46-41)36-23-15-31(16-24-36)29-9-5-2-6-10-29/h1-17,19-25H,18,26-27H2. The van der Waals surface area contributed by atoms with Crippen molar-refractivity contribution in [2.45, 2.75) is 19.3 Å². The van der Waals surface area contributed by atoms with Crippen LogP contribution in [-0.2, 0) is 0 Å². The molecule has 0 amide bonds. The fraction of sp³-hybridized carbons (Fsp3) is 0.0732. The molecule has 0 bridgehead atoms. The molecule has 1 aliphatic carbocycles. The Bertz CT molecular complexity index is 2120. The van der Waals surface area contributed by atoms with Gasteiger partial charge in [-0.1, -0.05) is 133 Å². The third-order valence-electron chi connectivity index (χ3n) is 8.63. The second-order valence-electron chi connectivity index (χ2n) is 11.5. The summed E-state index contributed by atoms with van der Waals surface area (Å²) in [4.78, 5) is 0. The third kappa shape index (κ3) is 5.66. The largest absolute Gasteiger partial charge is 0.416 e. The van der Waals surface area contributed by atoms with Gasteiger partial charge in [0.1, 0.15) is 0 Å². The van der Waals surface area contributed by atoms with Gasteiger partial charge in [-0.3, -0.25) is 0 Å². The highest BCUT2D eigenvalue weighted by molar-refractivity contribution is 6.20. The smallest absolute Gasteiger partial charge is 0.248 e. The maximum Gasteiger partial charge on any atom is 0.248 e. The average Bonchev–Trinajstić information content (AvgIpc) is 3.84. The van der Waals surface area contributed by atoms with E-state index in [1.165, 1.54) is 27.8 Å². The molecule has 0 atom stereocenters. The molecule has 8 rings (SSSR count). The summed E-state index contributed by atoms with van der Waals surface area (Å²) in [6.45, 7) is 0. The quantitative estimate of drug-likeness (QED) is 0.185. The van der Waals surface area contributed by atoms with E-state index in [1.807, 2.05) is 36.4 Å². The highest BCUT2D eigenvalue weighted by Crippen LogP contribution is 2.33. The Morgan fingerprint density at radius 1 is 0.370 bits per heavy atom. The zero-order chi connectivity index (χ0) is 30.7. The zero-order valence-electron chi connectivity index (χ0n) is 25.2. The van der Waals surface area contributed by atoms with Crippen LogP contribution in [-0.4, -0.2) is 21.6 Å². The summed E-state index contributed by atoms with van der Waals surface area (Å²) in [5.41, 5.74) is 13.4. The topological polar surface area (TPSA) is 63.6 Å². The fourth-order valence-corrected chi connectivity index (χ4v) is 5.99. The van der Waals surface area contributed by atoms with Gasteiger partial charge in [0.05, 0.1) is 11.4 Å². The molecule has 0 spiro atoms. The second-order valence-corrected chi connectivity index (χ2v) is 11.5. The Hall–Kier alpha value is -5.94. The lowest BCUT2D eigenvalue weighted by Gasteiger charge is -2.13. The van der Waals surface area contributed by atoms with Crippen LogP contribution >= 0.6 is 0 Å². The molecule has 2 aliphatic rings. The van der Waals surface area contributed by atoms with Crippen molar-refractivity contribution in [1.82, 2.24) is 10.2 Å². The van der Waals surface area contributed by atoms with Crippen LogP contribution in [0.4, 0.5) is 0 Å². The molecule has 6 aromatic rings. The number of benzene rings is 5. The molecule has 0 N–H and O–H groups in total. The maximum atomic E-state index is 6.09. The van der Waals surface area contributed by atoms with Gasteiger partial charge in [-0.25, -0.2) is 0 Å². The van der Waals surface area contributed by atoms with E-state index in [-0.39, 0.29) is 0 Å². The highest BCUT2D eigenvalue weighted by Gasteiger charge is 2.19. The van der Waals surface area contributed by atoms with E-state index in [4.69, 9.17) is 4.42 Å². The zero-order valence-corrected chi connectivity index (χ0v) is 25.2. The van der Waals surface area contributed by atoms with Crippen molar-refractivity contribution in [3.05, 3.63) is 168 Å². The van der Waals surface area contributed by atoms with Crippen LogP contribution in [0.1, 0.15) is 41.8 Å². The first-order chi connectivity index (χ1) is 22.8. The highest BCUT2D eigenvalue weighted by atomic mass is 16.4. The van der Waals surface area contributed by atoms with Gasteiger partial charge >= 0.3 is 0 Å². The van der Waals surface area contributed by atoms with Crippen LogP contribution in [0.25, 0.3) is 44.9 Å². The molecule has 5 aromatic carbocycles. The summed E-state index contributed by atoms with van der Waals surface area (Å²) in [5.74, 6) is 1.12. The van der Waals surface area contributed by atoms with Crippen LogP contribution in [0.2, 0.25) is 0 Å². The van der Waals surface area contributed by atoms with Crippen molar-refractivity contribution in [3.63, 3.8) is 0 Å². The van der Waals surface area contributed by atoms with Gasteiger partial charge in [0.2, 0.25) is 11.8 Å². The first-order valence-corrected chi connectivity index (χ1v) is 15.6.